The normalized spacial score (nSPS) is 29.9. The van der Waals surface area contributed by atoms with Gasteiger partial charge in [-0.1, -0.05) is 6.92 Å². The number of nitrogens with one attached hydrogen (secondary N) is 2. The first-order valence-corrected chi connectivity index (χ1v) is 9.55. The van der Waals surface area contributed by atoms with Crippen LogP contribution in [0.2, 0.25) is 0 Å². The lowest BCUT2D eigenvalue weighted by Gasteiger charge is -2.34. The van der Waals surface area contributed by atoms with Gasteiger partial charge in [0.2, 0.25) is 0 Å². The number of hydrogen-bond acceptors (Lipinski definition) is 4. The minimum atomic E-state index is -0.336. The lowest BCUT2D eigenvalue weighted by atomic mass is 9.86. The van der Waals surface area contributed by atoms with E-state index >= 15 is 0 Å². The molecule has 0 aromatic carbocycles. The quantitative estimate of drug-likeness (QED) is 0.610. The molecular formula is C19H31N3O3. The number of nitrogens with zero attached hydrogens (tertiary/aromatic N) is 1. The molecule has 1 unspecified atom stereocenters. The molecule has 1 saturated carbocycles. The Kier molecular flexibility index (Phi) is 6.37. The maximum atomic E-state index is 6.23. The summed E-state index contributed by atoms with van der Waals surface area (Å²) in [6.45, 7) is 7.24. The van der Waals surface area contributed by atoms with E-state index < -0.39 is 0 Å². The monoisotopic (exact) mass is 349 g/mol. The van der Waals surface area contributed by atoms with Crippen LogP contribution in [0.15, 0.2) is 27.8 Å². The van der Waals surface area contributed by atoms with Crippen molar-refractivity contribution in [2.24, 2.45) is 10.9 Å². The van der Waals surface area contributed by atoms with Crippen LogP contribution in [0.4, 0.5) is 0 Å². The molecule has 25 heavy (non-hydrogen) atoms. The van der Waals surface area contributed by atoms with Gasteiger partial charge >= 0.3 is 0 Å². The van der Waals surface area contributed by atoms with E-state index in [-0.39, 0.29) is 11.9 Å². The Morgan fingerprint density at radius 2 is 2.16 bits per heavy atom. The van der Waals surface area contributed by atoms with Crippen molar-refractivity contribution in [1.82, 2.24) is 10.6 Å². The van der Waals surface area contributed by atoms with E-state index in [1.54, 1.807) is 6.26 Å². The Morgan fingerprint density at radius 3 is 2.88 bits per heavy atom. The van der Waals surface area contributed by atoms with Crippen molar-refractivity contribution in [1.29, 1.82) is 0 Å². The average molecular weight is 349 g/mol. The van der Waals surface area contributed by atoms with Crippen LogP contribution < -0.4 is 10.6 Å². The van der Waals surface area contributed by atoms with Gasteiger partial charge in [0.05, 0.1) is 19.4 Å². The number of aliphatic imine (C=N–C) groups is 1. The van der Waals surface area contributed by atoms with Crippen LogP contribution in [0.1, 0.15) is 45.3 Å². The Morgan fingerprint density at radius 1 is 1.32 bits per heavy atom. The summed E-state index contributed by atoms with van der Waals surface area (Å²) in [5.41, 5.74) is 0. The van der Waals surface area contributed by atoms with E-state index in [0.717, 1.165) is 50.0 Å². The van der Waals surface area contributed by atoms with Crippen molar-refractivity contribution in [3.8, 4) is 0 Å². The van der Waals surface area contributed by atoms with Crippen LogP contribution in [0, 0.1) is 5.92 Å². The summed E-state index contributed by atoms with van der Waals surface area (Å²) < 4.78 is 17.6. The van der Waals surface area contributed by atoms with Crippen LogP contribution in [-0.2, 0) is 15.9 Å². The van der Waals surface area contributed by atoms with Gasteiger partial charge in [0.25, 0.3) is 0 Å². The largest absolute Gasteiger partial charge is 0.469 e. The molecule has 2 aliphatic rings. The molecule has 0 amide bonds. The summed E-state index contributed by atoms with van der Waals surface area (Å²) in [6, 6.07) is 3.90. The van der Waals surface area contributed by atoms with Crippen molar-refractivity contribution in [2.45, 2.75) is 57.8 Å². The van der Waals surface area contributed by atoms with Gasteiger partial charge in [-0.2, -0.15) is 0 Å². The van der Waals surface area contributed by atoms with Crippen LogP contribution in [0.5, 0.6) is 0 Å². The molecule has 0 bridgehead atoms. The summed E-state index contributed by atoms with van der Waals surface area (Å²) in [6.07, 6.45) is 6.98. The van der Waals surface area contributed by atoms with Crippen LogP contribution in [0.3, 0.4) is 0 Å². The molecule has 6 nitrogen and oxygen atoms in total. The molecule has 140 valence electrons. The molecule has 6 heteroatoms. The van der Waals surface area contributed by atoms with E-state index in [2.05, 4.69) is 29.5 Å². The SMILES string of the molecule is CCNC(=NCC1COC2(CCC(C)CC2)O1)NCCc1ccco1. The summed E-state index contributed by atoms with van der Waals surface area (Å²) in [5.74, 6) is 2.24. The second-order valence-electron chi connectivity index (χ2n) is 7.12. The maximum Gasteiger partial charge on any atom is 0.191 e. The predicted molar refractivity (Wildman–Crippen MR) is 97.6 cm³/mol. The first kappa shape index (κ1) is 18.3. The third-order valence-electron chi connectivity index (χ3n) is 4.99. The summed E-state index contributed by atoms with van der Waals surface area (Å²) in [4.78, 5) is 4.67. The lowest BCUT2D eigenvalue weighted by molar-refractivity contribution is -0.190. The number of furan rings is 1. The lowest BCUT2D eigenvalue weighted by Crippen LogP contribution is -2.39. The molecule has 1 spiro atoms. The molecule has 2 fully saturated rings. The van der Waals surface area contributed by atoms with Gasteiger partial charge in [-0.15, -0.1) is 0 Å². The van der Waals surface area contributed by atoms with Gasteiger partial charge in [0.15, 0.2) is 11.7 Å². The Hall–Kier alpha value is -1.53. The van der Waals surface area contributed by atoms with Gasteiger partial charge in [0, 0.05) is 32.4 Å². The highest BCUT2D eigenvalue weighted by Crippen LogP contribution is 2.39. The Balaban J connectivity index is 1.45. The van der Waals surface area contributed by atoms with E-state index in [0.29, 0.717) is 13.2 Å². The molecular weight excluding hydrogens is 318 g/mol. The fraction of sp³-hybridized carbons (Fsp3) is 0.737. The number of ether oxygens (including phenoxy) is 2. The smallest absolute Gasteiger partial charge is 0.191 e. The van der Waals surface area contributed by atoms with Gasteiger partial charge in [0.1, 0.15) is 11.9 Å². The second-order valence-corrected chi connectivity index (χ2v) is 7.12. The van der Waals surface area contributed by atoms with Crippen molar-refractivity contribution < 1.29 is 13.9 Å². The van der Waals surface area contributed by atoms with E-state index in [9.17, 15) is 0 Å². The van der Waals surface area contributed by atoms with Crippen LogP contribution in [-0.4, -0.2) is 44.1 Å². The summed E-state index contributed by atoms with van der Waals surface area (Å²) in [7, 11) is 0. The third kappa shape index (κ3) is 5.22. The summed E-state index contributed by atoms with van der Waals surface area (Å²) >= 11 is 0. The Labute approximate surface area is 150 Å². The molecule has 2 N–H and O–H groups in total. The minimum Gasteiger partial charge on any atom is -0.469 e. The fourth-order valence-corrected chi connectivity index (χ4v) is 3.46. The summed E-state index contributed by atoms with van der Waals surface area (Å²) in [5, 5.41) is 6.62. The van der Waals surface area contributed by atoms with Crippen molar-refractivity contribution in [3.63, 3.8) is 0 Å². The molecule has 1 aromatic rings. The van der Waals surface area contributed by atoms with E-state index in [1.807, 2.05) is 12.1 Å². The molecule has 1 saturated heterocycles. The fourth-order valence-electron chi connectivity index (χ4n) is 3.46. The van der Waals surface area contributed by atoms with Gasteiger partial charge in [-0.3, -0.25) is 4.99 Å². The second kappa shape index (κ2) is 8.72. The number of hydrogen-bond donors (Lipinski definition) is 2. The number of guanidine groups is 1. The predicted octanol–water partition coefficient (Wildman–Crippen LogP) is 2.70. The Bertz CT molecular complexity index is 536. The molecule has 2 heterocycles. The van der Waals surface area contributed by atoms with Gasteiger partial charge < -0.3 is 24.5 Å². The third-order valence-corrected chi connectivity index (χ3v) is 4.99. The minimum absolute atomic E-state index is 0.0499. The zero-order valence-corrected chi connectivity index (χ0v) is 15.4. The van der Waals surface area contributed by atoms with Gasteiger partial charge in [-0.05, 0) is 37.8 Å². The van der Waals surface area contributed by atoms with Crippen molar-refractivity contribution in [2.75, 3.05) is 26.2 Å². The van der Waals surface area contributed by atoms with Gasteiger partial charge in [-0.25, -0.2) is 0 Å². The highest BCUT2D eigenvalue weighted by atomic mass is 16.7. The first-order chi connectivity index (χ1) is 12.2. The highest BCUT2D eigenvalue weighted by Gasteiger charge is 2.43. The van der Waals surface area contributed by atoms with E-state index in [1.165, 1.54) is 12.8 Å². The average Bonchev–Trinajstić information content (AvgIpc) is 3.26. The molecule has 1 aromatic heterocycles. The zero-order valence-electron chi connectivity index (χ0n) is 15.4. The molecule has 1 aliphatic carbocycles. The van der Waals surface area contributed by atoms with Crippen LogP contribution in [0.25, 0.3) is 0 Å². The highest BCUT2D eigenvalue weighted by molar-refractivity contribution is 5.79. The topological polar surface area (TPSA) is 68.0 Å². The van der Waals surface area contributed by atoms with Crippen molar-refractivity contribution >= 4 is 5.96 Å². The maximum absolute atomic E-state index is 6.23. The first-order valence-electron chi connectivity index (χ1n) is 9.55. The molecule has 3 rings (SSSR count). The standard InChI is InChI=1S/C19H31N3O3/c1-3-20-18(21-11-8-16-5-4-12-23-16)22-13-17-14-24-19(25-17)9-6-15(2)7-10-19/h4-5,12,15,17H,3,6-11,13-14H2,1-2H3,(H2,20,21,22). The van der Waals surface area contributed by atoms with Crippen LogP contribution >= 0.6 is 0 Å². The zero-order chi connectivity index (χ0) is 17.5. The molecule has 1 aliphatic heterocycles. The molecule has 0 radical (unpaired) electrons. The molecule has 1 atom stereocenters. The number of rotatable bonds is 6. The van der Waals surface area contributed by atoms with Crippen molar-refractivity contribution in [3.05, 3.63) is 24.2 Å². The van der Waals surface area contributed by atoms with E-state index in [4.69, 9.17) is 13.9 Å².